The molecule has 1 aliphatic heterocycles. The van der Waals surface area contributed by atoms with Gasteiger partial charge in [-0.05, 0) is 44.2 Å². The van der Waals surface area contributed by atoms with Gasteiger partial charge in [-0.1, -0.05) is 6.07 Å². The minimum atomic E-state index is 0.0134. The summed E-state index contributed by atoms with van der Waals surface area (Å²) in [6, 6.07) is 3.91. The van der Waals surface area contributed by atoms with Crippen LogP contribution in [0.1, 0.15) is 59.0 Å². The van der Waals surface area contributed by atoms with Crippen molar-refractivity contribution < 1.29 is 9.53 Å². The van der Waals surface area contributed by atoms with Gasteiger partial charge in [0, 0.05) is 37.6 Å². The zero-order chi connectivity index (χ0) is 17.9. The number of amides is 1. The Morgan fingerprint density at radius 2 is 2.19 bits per heavy atom. The molecule has 2 fully saturated rings. The quantitative estimate of drug-likeness (QED) is 0.828. The fourth-order valence-corrected chi connectivity index (χ4v) is 3.36. The average Bonchev–Trinajstić information content (AvgIpc) is 3.52. The van der Waals surface area contributed by atoms with E-state index in [1.54, 1.807) is 12.4 Å². The Hall–Kier alpha value is -2.34. The second kappa shape index (κ2) is 7.50. The molecule has 1 amide bonds. The van der Waals surface area contributed by atoms with Crippen LogP contribution < -0.4 is 0 Å². The predicted octanol–water partition coefficient (Wildman–Crippen LogP) is 2.88. The monoisotopic (exact) mass is 352 g/mol. The molecule has 0 aromatic carbocycles. The fourth-order valence-electron chi connectivity index (χ4n) is 3.36. The predicted molar refractivity (Wildman–Crippen MR) is 96.7 cm³/mol. The molecule has 1 atom stereocenters. The van der Waals surface area contributed by atoms with Gasteiger partial charge in [-0.3, -0.25) is 9.78 Å². The summed E-state index contributed by atoms with van der Waals surface area (Å²) >= 11 is 0. The van der Waals surface area contributed by atoms with Gasteiger partial charge in [0.15, 0.2) is 0 Å². The minimum absolute atomic E-state index is 0.0134. The lowest BCUT2D eigenvalue weighted by Gasteiger charge is -2.33. The molecule has 0 radical (unpaired) electrons. The van der Waals surface area contributed by atoms with E-state index in [0.29, 0.717) is 24.6 Å². The highest BCUT2D eigenvalue weighted by molar-refractivity contribution is 5.95. The van der Waals surface area contributed by atoms with E-state index in [-0.39, 0.29) is 12.0 Å². The van der Waals surface area contributed by atoms with E-state index in [0.717, 1.165) is 49.3 Å². The van der Waals surface area contributed by atoms with Gasteiger partial charge in [0.05, 0.1) is 24.0 Å². The molecule has 3 heterocycles. The van der Waals surface area contributed by atoms with Gasteiger partial charge in [0.1, 0.15) is 5.82 Å². The molecule has 2 aromatic rings. The summed E-state index contributed by atoms with van der Waals surface area (Å²) in [5.41, 5.74) is 2.45. The van der Waals surface area contributed by atoms with Crippen LogP contribution in [0.2, 0.25) is 0 Å². The molecule has 4 rings (SSSR count). The fraction of sp³-hybridized carbons (Fsp3) is 0.500. The highest BCUT2D eigenvalue weighted by atomic mass is 16.5. The van der Waals surface area contributed by atoms with Crippen LogP contribution in [0.3, 0.4) is 0 Å². The maximum absolute atomic E-state index is 12.9. The number of aromatic nitrogens is 3. The second-order valence-electron chi connectivity index (χ2n) is 7.19. The third kappa shape index (κ3) is 3.90. The summed E-state index contributed by atoms with van der Waals surface area (Å²) < 4.78 is 6.01. The van der Waals surface area contributed by atoms with Gasteiger partial charge < -0.3 is 9.64 Å². The van der Waals surface area contributed by atoms with Crippen molar-refractivity contribution in [2.24, 2.45) is 0 Å². The van der Waals surface area contributed by atoms with Crippen molar-refractivity contribution in [3.8, 4) is 0 Å². The molecule has 0 spiro atoms. The number of piperidine rings is 1. The largest absolute Gasteiger partial charge is 0.372 e. The number of rotatable bonds is 5. The van der Waals surface area contributed by atoms with Crippen molar-refractivity contribution in [2.75, 3.05) is 13.1 Å². The SMILES string of the molecule is Cc1nc(C2CC2)ncc1C(=O)N1CCC[C@H](OCc2cccnc2)C1. The van der Waals surface area contributed by atoms with Gasteiger partial charge in [-0.25, -0.2) is 9.97 Å². The maximum atomic E-state index is 12.9. The van der Waals surface area contributed by atoms with Crippen molar-refractivity contribution in [1.82, 2.24) is 19.9 Å². The second-order valence-corrected chi connectivity index (χ2v) is 7.19. The van der Waals surface area contributed by atoms with Crippen molar-refractivity contribution in [3.63, 3.8) is 0 Å². The maximum Gasteiger partial charge on any atom is 0.257 e. The number of likely N-dealkylation sites (tertiary alicyclic amines) is 1. The molecule has 0 bridgehead atoms. The van der Waals surface area contributed by atoms with Crippen LogP contribution in [-0.2, 0) is 11.3 Å². The van der Waals surface area contributed by atoms with E-state index in [1.807, 2.05) is 30.2 Å². The molecule has 1 aliphatic carbocycles. The Kier molecular flexibility index (Phi) is 4.93. The lowest BCUT2D eigenvalue weighted by atomic mass is 10.1. The van der Waals surface area contributed by atoms with E-state index >= 15 is 0 Å². The number of nitrogens with zero attached hydrogens (tertiary/aromatic N) is 4. The molecule has 2 aromatic heterocycles. The van der Waals surface area contributed by atoms with Crippen LogP contribution in [0.5, 0.6) is 0 Å². The summed E-state index contributed by atoms with van der Waals surface area (Å²) in [5, 5.41) is 0. The van der Waals surface area contributed by atoms with Gasteiger partial charge in [0.25, 0.3) is 5.91 Å². The molecule has 0 unspecified atom stereocenters. The van der Waals surface area contributed by atoms with Crippen LogP contribution >= 0.6 is 0 Å². The number of hydrogen-bond donors (Lipinski definition) is 0. The molecule has 0 N–H and O–H groups in total. The molecule has 136 valence electrons. The number of aryl methyl sites for hydroxylation is 1. The van der Waals surface area contributed by atoms with Crippen LogP contribution in [0.25, 0.3) is 0 Å². The zero-order valence-corrected chi connectivity index (χ0v) is 15.1. The Balaban J connectivity index is 1.38. The molecular weight excluding hydrogens is 328 g/mol. The first-order chi connectivity index (χ1) is 12.7. The topological polar surface area (TPSA) is 68.2 Å². The highest BCUT2D eigenvalue weighted by Crippen LogP contribution is 2.38. The lowest BCUT2D eigenvalue weighted by molar-refractivity contribution is -0.00686. The smallest absolute Gasteiger partial charge is 0.257 e. The van der Waals surface area contributed by atoms with Gasteiger partial charge in [-0.2, -0.15) is 0 Å². The van der Waals surface area contributed by atoms with Crippen molar-refractivity contribution in [3.05, 3.63) is 53.4 Å². The number of carbonyl (C=O) groups excluding carboxylic acids is 1. The van der Waals surface area contributed by atoms with Gasteiger partial charge in [0.2, 0.25) is 0 Å². The molecule has 6 heteroatoms. The summed E-state index contributed by atoms with van der Waals surface area (Å²) in [6.07, 6.45) is 9.57. The van der Waals surface area contributed by atoms with Crippen molar-refractivity contribution in [1.29, 1.82) is 0 Å². The number of ether oxygens (including phenoxy) is 1. The van der Waals surface area contributed by atoms with Crippen LogP contribution in [0, 0.1) is 6.92 Å². The molecule has 6 nitrogen and oxygen atoms in total. The summed E-state index contributed by atoms with van der Waals surface area (Å²) in [5.74, 6) is 1.40. The normalized spacial score (nSPS) is 20.2. The first kappa shape index (κ1) is 17.1. The highest BCUT2D eigenvalue weighted by Gasteiger charge is 2.29. The Morgan fingerprint density at radius 3 is 2.92 bits per heavy atom. The molecule has 1 saturated heterocycles. The Bertz CT molecular complexity index is 777. The number of carbonyl (C=O) groups is 1. The number of hydrogen-bond acceptors (Lipinski definition) is 5. The van der Waals surface area contributed by atoms with E-state index in [2.05, 4.69) is 15.0 Å². The first-order valence-corrected chi connectivity index (χ1v) is 9.34. The average molecular weight is 352 g/mol. The Morgan fingerprint density at radius 1 is 1.31 bits per heavy atom. The van der Waals surface area contributed by atoms with Crippen LogP contribution in [0.15, 0.2) is 30.7 Å². The summed E-state index contributed by atoms with van der Waals surface area (Å²) in [7, 11) is 0. The zero-order valence-electron chi connectivity index (χ0n) is 15.1. The minimum Gasteiger partial charge on any atom is -0.372 e. The van der Waals surface area contributed by atoms with E-state index in [4.69, 9.17) is 4.74 Å². The molecular formula is C20H24N4O2. The number of pyridine rings is 1. The summed E-state index contributed by atoms with van der Waals surface area (Å²) in [4.78, 5) is 27.9. The van der Waals surface area contributed by atoms with Crippen LogP contribution in [-0.4, -0.2) is 45.0 Å². The lowest BCUT2D eigenvalue weighted by Crippen LogP contribution is -2.43. The molecule has 2 aliphatic rings. The van der Waals surface area contributed by atoms with Crippen molar-refractivity contribution >= 4 is 5.91 Å². The standard InChI is InChI=1S/C20H24N4O2/c1-14-18(11-22-19(23-14)16-6-7-16)20(25)24-9-3-5-17(12-24)26-13-15-4-2-8-21-10-15/h2,4,8,10-11,16-17H,3,5-7,9,12-13H2,1H3/t17-/m0/s1. The molecule has 26 heavy (non-hydrogen) atoms. The van der Waals surface area contributed by atoms with E-state index in [9.17, 15) is 4.79 Å². The van der Waals surface area contributed by atoms with Gasteiger partial charge >= 0.3 is 0 Å². The molecule has 1 saturated carbocycles. The van der Waals surface area contributed by atoms with Crippen LogP contribution in [0.4, 0.5) is 0 Å². The first-order valence-electron chi connectivity index (χ1n) is 9.34. The van der Waals surface area contributed by atoms with E-state index < -0.39 is 0 Å². The van der Waals surface area contributed by atoms with E-state index in [1.165, 1.54) is 0 Å². The third-order valence-corrected chi connectivity index (χ3v) is 5.04. The van der Waals surface area contributed by atoms with Gasteiger partial charge in [-0.15, -0.1) is 0 Å². The Labute approximate surface area is 153 Å². The summed E-state index contributed by atoms with van der Waals surface area (Å²) in [6.45, 7) is 3.80. The third-order valence-electron chi connectivity index (χ3n) is 5.04. The van der Waals surface area contributed by atoms with Crippen molar-refractivity contribution in [2.45, 2.75) is 51.2 Å².